The first-order valence-electron chi connectivity index (χ1n) is 8.22. The van der Waals surface area contributed by atoms with Crippen LogP contribution in [0.4, 0.5) is 0 Å². The van der Waals surface area contributed by atoms with E-state index < -0.39 is 0 Å². The van der Waals surface area contributed by atoms with Gasteiger partial charge in [0.2, 0.25) is 0 Å². The van der Waals surface area contributed by atoms with Crippen molar-refractivity contribution in [3.05, 3.63) is 77.1 Å². The number of rotatable bonds is 3. The highest BCUT2D eigenvalue weighted by molar-refractivity contribution is 5.87. The number of aryl methyl sites for hydroxylation is 4. The minimum atomic E-state index is 0.981. The van der Waals surface area contributed by atoms with E-state index in [1.165, 1.54) is 38.9 Å². The van der Waals surface area contributed by atoms with Crippen LogP contribution in [0, 0.1) is 20.8 Å². The minimum absolute atomic E-state index is 0.981. The van der Waals surface area contributed by atoms with Gasteiger partial charge in [0, 0.05) is 17.5 Å². The van der Waals surface area contributed by atoms with E-state index in [1.807, 2.05) is 6.20 Å². The van der Waals surface area contributed by atoms with Crippen LogP contribution in [0.1, 0.15) is 29.3 Å². The fourth-order valence-corrected chi connectivity index (χ4v) is 3.04. The molecule has 0 aliphatic carbocycles. The van der Waals surface area contributed by atoms with Gasteiger partial charge in [-0.1, -0.05) is 66.6 Å². The molecule has 1 aromatic heterocycles. The van der Waals surface area contributed by atoms with Gasteiger partial charge in [0.25, 0.3) is 0 Å². The van der Waals surface area contributed by atoms with Crippen LogP contribution >= 0.6 is 0 Å². The summed E-state index contributed by atoms with van der Waals surface area (Å²) in [6.07, 6.45) is 3.01. The average Bonchev–Trinajstić information content (AvgIpc) is 2.56. The maximum atomic E-state index is 4.65. The molecular weight excluding hydrogens is 278 g/mol. The van der Waals surface area contributed by atoms with Crippen LogP contribution in [0.25, 0.3) is 22.3 Å². The Kier molecular flexibility index (Phi) is 4.29. The van der Waals surface area contributed by atoms with Gasteiger partial charge in [0.05, 0.1) is 0 Å². The van der Waals surface area contributed by atoms with Crippen molar-refractivity contribution in [3.8, 4) is 22.3 Å². The summed E-state index contributed by atoms with van der Waals surface area (Å²) in [4.78, 5) is 4.65. The Morgan fingerprint density at radius 1 is 0.696 bits per heavy atom. The standard InChI is InChI=1S/C22H23N/c1-5-18-14-23-17(4)21(19-10-6-15(2)7-11-19)22(18)20-12-8-16(3)9-13-20/h6-14H,5H2,1-4H3. The summed E-state index contributed by atoms with van der Waals surface area (Å²) in [7, 11) is 0. The average molecular weight is 301 g/mol. The van der Waals surface area contributed by atoms with Crippen molar-refractivity contribution < 1.29 is 0 Å². The molecule has 2 aromatic carbocycles. The van der Waals surface area contributed by atoms with E-state index in [2.05, 4.69) is 81.2 Å². The Hall–Kier alpha value is -2.41. The van der Waals surface area contributed by atoms with Crippen LogP contribution < -0.4 is 0 Å². The molecule has 0 fully saturated rings. The molecule has 1 heterocycles. The zero-order valence-corrected chi connectivity index (χ0v) is 14.4. The molecule has 3 aromatic rings. The lowest BCUT2D eigenvalue weighted by molar-refractivity contribution is 1.08. The molecule has 0 bridgehead atoms. The third-order valence-electron chi connectivity index (χ3n) is 4.41. The number of nitrogens with zero attached hydrogens (tertiary/aromatic N) is 1. The lowest BCUT2D eigenvalue weighted by atomic mass is 9.89. The molecule has 0 amide bonds. The fourth-order valence-electron chi connectivity index (χ4n) is 3.04. The molecule has 1 nitrogen and oxygen atoms in total. The van der Waals surface area contributed by atoms with Crippen LogP contribution in [0.2, 0.25) is 0 Å². The smallest absolute Gasteiger partial charge is 0.0457 e. The van der Waals surface area contributed by atoms with Crippen LogP contribution in [0.15, 0.2) is 54.7 Å². The third kappa shape index (κ3) is 3.05. The molecule has 0 unspecified atom stereocenters. The first-order valence-corrected chi connectivity index (χ1v) is 8.22. The van der Waals surface area contributed by atoms with Crippen LogP contribution in [0.3, 0.4) is 0 Å². The van der Waals surface area contributed by atoms with Crippen LogP contribution in [-0.2, 0) is 6.42 Å². The van der Waals surface area contributed by atoms with E-state index in [-0.39, 0.29) is 0 Å². The van der Waals surface area contributed by atoms with Gasteiger partial charge in [-0.3, -0.25) is 4.98 Å². The highest BCUT2D eigenvalue weighted by Gasteiger charge is 2.15. The molecule has 23 heavy (non-hydrogen) atoms. The molecule has 0 atom stereocenters. The van der Waals surface area contributed by atoms with Gasteiger partial charge in [0.15, 0.2) is 0 Å². The van der Waals surface area contributed by atoms with Crippen molar-refractivity contribution in [3.63, 3.8) is 0 Å². The van der Waals surface area contributed by atoms with E-state index in [0.29, 0.717) is 0 Å². The molecule has 116 valence electrons. The second-order valence-electron chi connectivity index (χ2n) is 6.20. The predicted molar refractivity (Wildman–Crippen MR) is 98.7 cm³/mol. The van der Waals surface area contributed by atoms with Crippen molar-refractivity contribution >= 4 is 0 Å². The Balaban J connectivity index is 2.29. The second kappa shape index (κ2) is 6.37. The third-order valence-corrected chi connectivity index (χ3v) is 4.41. The minimum Gasteiger partial charge on any atom is -0.261 e. The van der Waals surface area contributed by atoms with E-state index in [4.69, 9.17) is 0 Å². The SMILES string of the molecule is CCc1cnc(C)c(-c2ccc(C)cc2)c1-c1ccc(C)cc1. The van der Waals surface area contributed by atoms with Gasteiger partial charge < -0.3 is 0 Å². The number of hydrogen-bond donors (Lipinski definition) is 0. The van der Waals surface area contributed by atoms with Gasteiger partial charge >= 0.3 is 0 Å². The maximum Gasteiger partial charge on any atom is 0.0457 e. The molecule has 3 rings (SSSR count). The lowest BCUT2D eigenvalue weighted by Crippen LogP contribution is -1.98. The second-order valence-corrected chi connectivity index (χ2v) is 6.20. The molecule has 1 heteroatoms. The summed E-state index contributed by atoms with van der Waals surface area (Å²) < 4.78 is 0. The summed E-state index contributed by atoms with van der Waals surface area (Å²) in [5.74, 6) is 0. The summed E-state index contributed by atoms with van der Waals surface area (Å²) in [6.45, 7) is 8.55. The first kappa shape index (κ1) is 15.5. The van der Waals surface area contributed by atoms with E-state index >= 15 is 0 Å². The Labute approximate surface area is 139 Å². The van der Waals surface area contributed by atoms with E-state index in [9.17, 15) is 0 Å². The largest absolute Gasteiger partial charge is 0.261 e. The summed E-state index contributed by atoms with van der Waals surface area (Å²) in [6, 6.07) is 17.6. The zero-order chi connectivity index (χ0) is 16.4. The van der Waals surface area contributed by atoms with Crippen molar-refractivity contribution in [2.75, 3.05) is 0 Å². The monoisotopic (exact) mass is 301 g/mol. The Morgan fingerprint density at radius 3 is 1.65 bits per heavy atom. The van der Waals surface area contributed by atoms with Crippen molar-refractivity contribution in [2.45, 2.75) is 34.1 Å². The molecule has 0 aliphatic rings. The summed E-state index contributed by atoms with van der Waals surface area (Å²) >= 11 is 0. The number of benzene rings is 2. The van der Waals surface area contributed by atoms with Crippen LogP contribution in [-0.4, -0.2) is 4.98 Å². The van der Waals surface area contributed by atoms with E-state index in [0.717, 1.165) is 12.1 Å². The quantitative estimate of drug-likeness (QED) is 0.586. The van der Waals surface area contributed by atoms with Crippen molar-refractivity contribution in [1.82, 2.24) is 4.98 Å². The number of hydrogen-bond acceptors (Lipinski definition) is 1. The van der Waals surface area contributed by atoms with Crippen molar-refractivity contribution in [1.29, 1.82) is 0 Å². The summed E-state index contributed by atoms with van der Waals surface area (Å²) in [5.41, 5.74) is 10.0. The van der Waals surface area contributed by atoms with E-state index in [1.54, 1.807) is 0 Å². The first-order chi connectivity index (χ1) is 11.1. The molecule has 0 saturated heterocycles. The van der Waals surface area contributed by atoms with Gasteiger partial charge in [-0.2, -0.15) is 0 Å². The fraction of sp³-hybridized carbons (Fsp3) is 0.227. The Bertz CT molecular complexity index is 812. The van der Waals surface area contributed by atoms with Crippen molar-refractivity contribution in [2.24, 2.45) is 0 Å². The van der Waals surface area contributed by atoms with Gasteiger partial charge in [-0.25, -0.2) is 0 Å². The molecule has 0 spiro atoms. The van der Waals surface area contributed by atoms with Gasteiger partial charge in [-0.15, -0.1) is 0 Å². The molecular formula is C22H23N. The molecule has 0 N–H and O–H groups in total. The number of pyridine rings is 1. The highest BCUT2D eigenvalue weighted by Crippen LogP contribution is 2.37. The lowest BCUT2D eigenvalue weighted by Gasteiger charge is -2.17. The predicted octanol–water partition coefficient (Wildman–Crippen LogP) is 5.90. The molecule has 0 radical (unpaired) electrons. The Morgan fingerprint density at radius 2 is 1.17 bits per heavy atom. The molecule has 0 aliphatic heterocycles. The maximum absolute atomic E-state index is 4.65. The zero-order valence-electron chi connectivity index (χ0n) is 14.4. The van der Waals surface area contributed by atoms with Gasteiger partial charge in [-0.05, 0) is 49.4 Å². The van der Waals surface area contributed by atoms with Gasteiger partial charge in [0.1, 0.15) is 0 Å². The normalized spacial score (nSPS) is 10.8. The topological polar surface area (TPSA) is 12.9 Å². The highest BCUT2D eigenvalue weighted by atomic mass is 14.7. The summed E-state index contributed by atoms with van der Waals surface area (Å²) in [5, 5.41) is 0. The molecule has 0 saturated carbocycles. The number of aromatic nitrogens is 1. The van der Waals surface area contributed by atoms with Crippen LogP contribution in [0.5, 0.6) is 0 Å².